The molecule has 0 amide bonds. The Bertz CT molecular complexity index is 719. The Morgan fingerprint density at radius 3 is 2.15 bits per heavy atom. The van der Waals surface area contributed by atoms with Crippen LogP contribution in [-0.2, 0) is 16.0 Å². The Balaban J connectivity index is 2.04. The van der Waals surface area contributed by atoms with Crippen molar-refractivity contribution in [3.8, 4) is 11.1 Å². The first-order valence-electron chi connectivity index (χ1n) is 9.88. The lowest BCUT2D eigenvalue weighted by Crippen LogP contribution is -2.18. The summed E-state index contributed by atoms with van der Waals surface area (Å²) in [7, 11) is 0. The van der Waals surface area contributed by atoms with E-state index in [9.17, 15) is 9.59 Å². The van der Waals surface area contributed by atoms with Gasteiger partial charge in [-0.2, -0.15) is 0 Å². The minimum atomic E-state index is -0.771. The molecule has 3 nitrogen and oxygen atoms in total. The highest BCUT2D eigenvalue weighted by molar-refractivity contribution is 5.80. The van der Waals surface area contributed by atoms with Gasteiger partial charge in [-0.1, -0.05) is 68.4 Å². The number of aliphatic carboxylic acids is 1. The number of Topliss-reactive ketones (excluding diaryl/α,β-unsaturated/α-hetero) is 1. The molecule has 0 aliphatic rings. The van der Waals surface area contributed by atoms with Crippen molar-refractivity contribution in [2.45, 2.75) is 52.4 Å². The van der Waals surface area contributed by atoms with Gasteiger partial charge in [-0.25, -0.2) is 0 Å². The number of carboxylic acids is 1. The number of ketones is 1. The Kier molecular flexibility index (Phi) is 8.25. The Hall–Kier alpha value is -2.42. The van der Waals surface area contributed by atoms with Crippen LogP contribution in [0.1, 0.15) is 51.5 Å². The number of carboxylic acid groups (broad SMARTS) is 1. The number of hydrogen-bond acceptors (Lipinski definition) is 2. The molecule has 1 unspecified atom stereocenters. The van der Waals surface area contributed by atoms with E-state index in [1.54, 1.807) is 0 Å². The molecule has 0 spiro atoms. The summed E-state index contributed by atoms with van der Waals surface area (Å²) < 4.78 is 0. The molecule has 0 aliphatic carbocycles. The second-order valence-corrected chi connectivity index (χ2v) is 7.42. The summed E-state index contributed by atoms with van der Waals surface area (Å²) in [6, 6.07) is 18.7. The highest BCUT2D eigenvalue weighted by Crippen LogP contribution is 2.25. The summed E-state index contributed by atoms with van der Waals surface area (Å²) in [6.45, 7) is 3.99. The second kappa shape index (κ2) is 10.7. The molecular weight excluding hydrogens is 336 g/mol. The summed E-state index contributed by atoms with van der Waals surface area (Å²) in [6.07, 6.45) is 3.81. The molecule has 1 N–H and O–H groups in total. The summed E-state index contributed by atoms with van der Waals surface area (Å²) in [5.41, 5.74) is 3.55. The fraction of sp³-hybridized carbons (Fsp3) is 0.417. The number of carbonyl (C=O) groups is 2. The summed E-state index contributed by atoms with van der Waals surface area (Å²) in [5.74, 6) is -0.281. The number of carbonyl (C=O) groups excluding carboxylic acids is 1. The van der Waals surface area contributed by atoms with E-state index < -0.39 is 5.97 Å². The molecule has 0 aromatic heterocycles. The molecular formula is C24H30O3. The first-order valence-corrected chi connectivity index (χ1v) is 9.88. The number of benzene rings is 2. The highest BCUT2D eigenvalue weighted by atomic mass is 16.4. The van der Waals surface area contributed by atoms with Crippen LogP contribution in [0.4, 0.5) is 0 Å². The van der Waals surface area contributed by atoms with Gasteiger partial charge in [-0.05, 0) is 48.3 Å². The maximum Gasteiger partial charge on any atom is 0.303 e. The van der Waals surface area contributed by atoms with Crippen LogP contribution in [0.2, 0.25) is 0 Å². The predicted octanol–water partition coefficient (Wildman–Crippen LogP) is 5.77. The average molecular weight is 367 g/mol. The zero-order valence-corrected chi connectivity index (χ0v) is 16.4. The first kappa shape index (κ1) is 20.9. The van der Waals surface area contributed by atoms with Crippen molar-refractivity contribution in [3.05, 3.63) is 60.2 Å². The minimum absolute atomic E-state index is 0.00710. The quantitative estimate of drug-likeness (QED) is 0.549. The predicted molar refractivity (Wildman–Crippen MR) is 110 cm³/mol. The minimum Gasteiger partial charge on any atom is -0.481 e. The third-order valence-corrected chi connectivity index (χ3v) is 5.08. The molecule has 144 valence electrons. The van der Waals surface area contributed by atoms with Gasteiger partial charge in [0.15, 0.2) is 0 Å². The van der Waals surface area contributed by atoms with Gasteiger partial charge in [0.25, 0.3) is 0 Å². The smallest absolute Gasteiger partial charge is 0.303 e. The van der Waals surface area contributed by atoms with Crippen LogP contribution in [-0.4, -0.2) is 16.9 Å². The zero-order valence-electron chi connectivity index (χ0n) is 16.4. The standard InChI is InChI=1S/C24H30O3/c1-3-7-23(25)18(2)16-20(12-15-24(26)27)17-19-10-13-22(14-11-19)21-8-5-4-6-9-21/h4-6,8-11,13-14,18,20H,3,7,12,15-17H2,1-2H3,(H,26,27)/t18-,20?/m1/s1. The van der Waals surface area contributed by atoms with Crippen LogP contribution < -0.4 is 0 Å². The lowest BCUT2D eigenvalue weighted by atomic mass is 9.84. The topological polar surface area (TPSA) is 54.4 Å². The van der Waals surface area contributed by atoms with Gasteiger partial charge in [-0.15, -0.1) is 0 Å². The lowest BCUT2D eigenvalue weighted by Gasteiger charge is -2.20. The lowest BCUT2D eigenvalue weighted by molar-refractivity contribution is -0.137. The van der Waals surface area contributed by atoms with Crippen molar-refractivity contribution >= 4 is 11.8 Å². The SMILES string of the molecule is CCCC(=O)[C@H](C)CC(CCC(=O)O)Cc1ccc(-c2ccccc2)cc1. The van der Waals surface area contributed by atoms with Crippen LogP contribution in [0.5, 0.6) is 0 Å². The highest BCUT2D eigenvalue weighted by Gasteiger charge is 2.19. The molecule has 0 saturated heterocycles. The van der Waals surface area contributed by atoms with Gasteiger partial charge in [-0.3, -0.25) is 9.59 Å². The largest absolute Gasteiger partial charge is 0.481 e. The van der Waals surface area contributed by atoms with Crippen molar-refractivity contribution < 1.29 is 14.7 Å². The van der Waals surface area contributed by atoms with Crippen LogP contribution in [0, 0.1) is 11.8 Å². The van der Waals surface area contributed by atoms with Gasteiger partial charge in [0.2, 0.25) is 0 Å². The number of rotatable bonds is 11. The van der Waals surface area contributed by atoms with E-state index in [0.29, 0.717) is 12.8 Å². The van der Waals surface area contributed by atoms with Crippen molar-refractivity contribution in [2.24, 2.45) is 11.8 Å². The number of hydrogen-bond donors (Lipinski definition) is 1. The Morgan fingerprint density at radius 2 is 1.56 bits per heavy atom. The second-order valence-electron chi connectivity index (χ2n) is 7.42. The normalized spacial score (nSPS) is 13.1. The molecule has 0 radical (unpaired) electrons. The van der Waals surface area contributed by atoms with Crippen molar-refractivity contribution in [1.82, 2.24) is 0 Å². The van der Waals surface area contributed by atoms with Crippen LogP contribution in [0.3, 0.4) is 0 Å². The molecule has 2 aromatic carbocycles. The van der Waals surface area contributed by atoms with E-state index in [0.717, 1.165) is 19.3 Å². The van der Waals surface area contributed by atoms with Gasteiger partial charge >= 0.3 is 5.97 Å². The van der Waals surface area contributed by atoms with E-state index in [1.165, 1.54) is 16.7 Å². The van der Waals surface area contributed by atoms with E-state index in [2.05, 4.69) is 36.4 Å². The monoisotopic (exact) mass is 366 g/mol. The third kappa shape index (κ3) is 7.01. The van der Waals surface area contributed by atoms with E-state index >= 15 is 0 Å². The molecule has 0 fully saturated rings. The molecule has 27 heavy (non-hydrogen) atoms. The van der Waals surface area contributed by atoms with Crippen LogP contribution in [0.25, 0.3) is 11.1 Å². The molecule has 2 rings (SSSR count). The van der Waals surface area contributed by atoms with Crippen LogP contribution in [0.15, 0.2) is 54.6 Å². The van der Waals surface area contributed by atoms with Crippen molar-refractivity contribution in [3.63, 3.8) is 0 Å². The first-order chi connectivity index (χ1) is 13.0. The fourth-order valence-electron chi connectivity index (χ4n) is 3.55. The van der Waals surface area contributed by atoms with E-state index in [1.807, 2.05) is 32.0 Å². The average Bonchev–Trinajstić information content (AvgIpc) is 2.67. The van der Waals surface area contributed by atoms with Crippen molar-refractivity contribution in [2.75, 3.05) is 0 Å². The summed E-state index contributed by atoms with van der Waals surface area (Å²) in [4.78, 5) is 23.2. The summed E-state index contributed by atoms with van der Waals surface area (Å²) >= 11 is 0. The molecule has 0 heterocycles. The Morgan fingerprint density at radius 1 is 0.926 bits per heavy atom. The molecule has 0 aliphatic heterocycles. The van der Waals surface area contributed by atoms with Crippen molar-refractivity contribution in [1.29, 1.82) is 0 Å². The summed E-state index contributed by atoms with van der Waals surface area (Å²) in [5, 5.41) is 9.05. The van der Waals surface area contributed by atoms with E-state index in [-0.39, 0.29) is 24.0 Å². The maximum atomic E-state index is 12.2. The fourth-order valence-corrected chi connectivity index (χ4v) is 3.55. The van der Waals surface area contributed by atoms with Gasteiger partial charge in [0.1, 0.15) is 5.78 Å². The zero-order chi connectivity index (χ0) is 19.6. The Labute approximate surface area is 162 Å². The van der Waals surface area contributed by atoms with Gasteiger partial charge in [0.05, 0.1) is 0 Å². The molecule has 2 aromatic rings. The van der Waals surface area contributed by atoms with Crippen LogP contribution >= 0.6 is 0 Å². The van der Waals surface area contributed by atoms with Gasteiger partial charge < -0.3 is 5.11 Å². The molecule has 0 saturated carbocycles. The van der Waals surface area contributed by atoms with Gasteiger partial charge in [0, 0.05) is 18.8 Å². The molecule has 0 bridgehead atoms. The molecule has 2 atom stereocenters. The van der Waals surface area contributed by atoms with E-state index in [4.69, 9.17) is 5.11 Å². The molecule has 3 heteroatoms. The maximum absolute atomic E-state index is 12.2. The third-order valence-electron chi connectivity index (χ3n) is 5.08.